The second-order valence-corrected chi connectivity index (χ2v) is 8.47. The quantitative estimate of drug-likeness (QED) is 0.762. The lowest BCUT2D eigenvalue weighted by molar-refractivity contribution is -0.00883. The van der Waals surface area contributed by atoms with Crippen LogP contribution in [-0.4, -0.2) is 12.1 Å². The minimum absolute atomic E-state index is 0.114. The Bertz CT molecular complexity index is 792. The highest BCUT2D eigenvalue weighted by molar-refractivity contribution is 5.91. The minimum atomic E-state index is -0.114. The van der Waals surface area contributed by atoms with Crippen molar-refractivity contribution < 1.29 is 9.53 Å². The molecule has 27 heavy (non-hydrogen) atoms. The molecule has 0 aliphatic heterocycles. The highest BCUT2D eigenvalue weighted by atomic mass is 16.5. The van der Waals surface area contributed by atoms with Gasteiger partial charge in [0.15, 0.2) is 5.75 Å². The lowest BCUT2D eigenvalue weighted by Crippen LogP contribution is -2.56. The predicted molar refractivity (Wildman–Crippen MR) is 106 cm³/mol. The lowest BCUT2D eigenvalue weighted by Gasteiger charge is -2.54. The van der Waals surface area contributed by atoms with E-state index in [1.54, 1.807) is 0 Å². The SMILES string of the molecule is O=C(Nc1ccccc1Oc1ccccc1)NC1C2CC3CC(C2)CC1C3. The Labute approximate surface area is 160 Å². The number of carbonyl (C=O) groups is 1. The van der Waals surface area contributed by atoms with Crippen LogP contribution in [0.4, 0.5) is 10.5 Å². The molecule has 0 atom stereocenters. The van der Waals surface area contributed by atoms with Gasteiger partial charge in [-0.15, -0.1) is 0 Å². The van der Waals surface area contributed by atoms with Crippen molar-refractivity contribution in [1.29, 1.82) is 0 Å². The van der Waals surface area contributed by atoms with E-state index in [2.05, 4.69) is 10.6 Å². The first-order chi connectivity index (χ1) is 13.2. The Kier molecular flexibility index (Phi) is 4.27. The molecule has 0 unspecified atom stereocenters. The molecule has 4 saturated carbocycles. The molecule has 2 amide bonds. The summed E-state index contributed by atoms with van der Waals surface area (Å²) < 4.78 is 5.95. The molecule has 4 aliphatic carbocycles. The number of rotatable bonds is 4. The van der Waals surface area contributed by atoms with E-state index >= 15 is 0 Å². The van der Waals surface area contributed by atoms with Crippen molar-refractivity contribution in [2.24, 2.45) is 23.7 Å². The van der Waals surface area contributed by atoms with E-state index in [9.17, 15) is 4.79 Å². The van der Waals surface area contributed by atoms with E-state index in [0.29, 0.717) is 29.3 Å². The molecule has 0 aromatic heterocycles. The molecule has 4 fully saturated rings. The van der Waals surface area contributed by atoms with Gasteiger partial charge in [-0.2, -0.15) is 0 Å². The molecule has 4 heteroatoms. The fraction of sp³-hybridized carbons (Fsp3) is 0.435. The first-order valence-electron chi connectivity index (χ1n) is 10.1. The van der Waals surface area contributed by atoms with Gasteiger partial charge >= 0.3 is 6.03 Å². The van der Waals surface area contributed by atoms with Gasteiger partial charge in [-0.1, -0.05) is 30.3 Å². The number of nitrogens with one attached hydrogen (secondary N) is 2. The number of para-hydroxylation sites is 3. The molecule has 4 aliphatic rings. The normalized spacial score (nSPS) is 30.7. The second-order valence-electron chi connectivity index (χ2n) is 8.47. The van der Waals surface area contributed by atoms with Crippen molar-refractivity contribution in [3.63, 3.8) is 0 Å². The van der Waals surface area contributed by atoms with Crippen LogP contribution in [0.3, 0.4) is 0 Å². The summed E-state index contributed by atoms with van der Waals surface area (Å²) in [5.74, 6) is 4.57. The summed E-state index contributed by atoms with van der Waals surface area (Å²) in [7, 11) is 0. The number of amides is 2. The molecule has 4 nitrogen and oxygen atoms in total. The third-order valence-electron chi connectivity index (χ3n) is 6.63. The Hall–Kier alpha value is -2.49. The summed E-state index contributed by atoms with van der Waals surface area (Å²) in [4.78, 5) is 12.7. The van der Waals surface area contributed by atoms with Gasteiger partial charge in [0.25, 0.3) is 0 Å². The van der Waals surface area contributed by atoms with Gasteiger partial charge in [0.2, 0.25) is 0 Å². The van der Waals surface area contributed by atoms with Crippen LogP contribution in [0.15, 0.2) is 54.6 Å². The monoisotopic (exact) mass is 362 g/mol. The van der Waals surface area contributed by atoms with Gasteiger partial charge in [0, 0.05) is 6.04 Å². The summed E-state index contributed by atoms with van der Waals surface area (Å²) in [6.07, 6.45) is 6.62. The van der Waals surface area contributed by atoms with Crippen LogP contribution >= 0.6 is 0 Å². The summed E-state index contributed by atoms with van der Waals surface area (Å²) in [6, 6.07) is 17.5. The van der Waals surface area contributed by atoms with E-state index in [0.717, 1.165) is 17.6 Å². The minimum Gasteiger partial charge on any atom is -0.455 e. The van der Waals surface area contributed by atoms with E-state index in [1.807, 2.05) is 54.6 Å². The zero-order valence-corrected chi connectivity index (χ0v) is 15.4. The number of anilines is 1. The number of benzene rings is 2. The van der Waals surface area contributed by atoms with E-state index < -0.39 is 0 Å². The van der Waals surface area contributed by atoms with Crippen LogP contribution in [-0.2, 0) is 0 Å². The first kappa shape index (κ1) is 16.7. The van der Waals surface area contributed by atoms with Crippen molar-refractivity contribution in [3.05, 3.63) is 54.6 Å². The van der Waals surface area contributed by atoms with E-state index in [1.165, 1.54) is 32.1 Å². The Balaban J connectivity index is 1.26. The molecular formula is C23H26N2O2. The molecule has 140 valence electrons. The predicted octanol–water partition coefficient (Wildman–Crippen LogP) is 5.43. The molecule has 0 heterocycles. The Morgan fingerprint density at radius 1 is 0.815 bits per heavy atom. The molecule has 2 N–H and O–H groups in total. The van der Waals surface area contributed by atoms with Gasteiger partial charge in [-0.25, -0.2) is 4.79 Å². The van der Waals surface area contributed by atoms with Crippen LogP contribution in [0.1, 0.15) is 32.1 Å². The third-order valence-corrected chi connectivity index (χ3v) is 6.63. The number of hydrogen-bond acceptors (Lipinski definition) is 2. The average molecular weight is 362 g/mol. The van der Waals surface area contributed by atoms with Crippen molar-refractivity contribution in [3.8, 4) is 11.5 Å². The van der Waals surface area contributed by atoms with E-state index in [-0.39, 0.29) is 6.03 Å². The van der Waals surface area contributed by atoms with Crippen LogP contribution in [0.5, 0.6) is 11.5 Å². The zero-order valence-electron chi connectivity index (χ0n) is 15.4. The van der Waals surface area contributed by atoms with Gasteiger partial charge in [-0.3, -0.25) is 0 Å². The van der Waals surface area contributed by atoms with Crippen LogP contribution in [0.2, 0.25) is 0 Å². The van der Waals surface area contributed by atoms with Gasteiger partial charge in [0.05, 0.1) is 5.69 Å². The van der Waals surface area contributed by atoms with Crippen LogP contribution < -0.4 is 15.4 Å². The topological polar surface area (TPSA) is 50.4 Å². The van der Waals surface area contributed by atoms with Crippen molar-refractivity contribution in [2.75, 3.05) is 5.32 Å². The summed E-state index contributed by atoms with van der Waals surface area (Å²) >= 11 is 0. The fourth-order valence-corrected chi connectivity index (χ4v) is 5.75. The smallest absolute Gasteiger partial charge is 0.319 e. The van der Waals surface area contributed by atoms with Gasteiger partial charge in [-0.05, 0) is 80.0 Å². The largest absolute Gasteiger partial charge is 0.455 e. The molecule has 2 aromatic rings. The van der Waals surface area contributed by atoms with Crippen molar-refractivity contribution >= 4 is 11.7 Å². The number of ether oxygens (including phenoxy) is 1. The second kappa shape index (κ2) is 6.91. The van der Waals surface area contributed by atoms with Gasteiger partial charge < -0.3 is 15.4 Å². The number of urea groups is 1. The maximum atomic E-state index is 12.7. The maximum Gasteiger partial charge on any atom is 0.319 e. The fourth-order valence-electron chi connectivity index (χ4n) is 5.75. The van der Waals surface area contributed by atoms with E-state index in [4.69, 9.17) is 4.74 Å². The molecular weight excluding hydrogens is 336 g/mol. The zero-order chi connectivity index (χ0) is 18.2. The van der Waals surface area contributed by atoms with Crippen LogP contribution in [0, 0.1) is 23.7 Å². The molecule has 2 aromatic carbocycles. The number of hydrogen-bond donors (Lipinski definition) is 2. The van der Waals surface area contributed by atoms with Crippen LogP contribution in [0.25, 0.3) is 0 Å². The number of carbonyl (C=O) groups excluding carboxylic acids is 1. The Morgan fingerprint density at radius 3 is 2.15 bits per heavy atom. The molecule has 4 bridgehead atoms. The highest BCUT2D eigenvalue weighted by Gasteiger charge is 2.48. The van der Waals surface area contributed by atoms with Crippen molar-refractivity contribution in [1.82, 2.24) is 5.32 Å². The molecule has 0 radical (unpaired) electrons. The highest BCUT2D eigenvalue weighted by Crippen LogP contribution is 2.53. The summed E-state index contributed by atoms with van der Waals surface area (Å²) in [5, 5.41) is 6.31. The molecule has 0 spiro atoms. The third kappa shape index (κ3) is 3.41. The lowest BCUT2D eigenvalue weighted by atomic mass is 9.54. The van der Waals surface area contributed by atoms with Gasteiger partial charge in [0.1, 0.15) is 5.75 Å². The first-order valence-corrected chi connectivity index (χ1v) is 10.1. The molecule has 6 rings (SSSR count). The summed E-state index contributed by atoms with van der Waals surface area (Å²) in [5.41, 5.74) is 0.697. The average Bonchev–Trinajstić information content (AvgIpc) is 2.66. The standard InChI is InChI=1S/C23H26N2O2/c26-23(25-22-17-11-15-10-16(13-17)14-18(22)12-15)24-20-8-4-5-9-21(20)27-19-6-2-1-3-7-19/h1-9,15-18,22H,10-14H2,(H2,24,25,26). The summed E-state index contributed by atoms with van der Waals surface area (Å²) in [6.45, 7) is 0. The van der Waals surface area contributed by atoms with Crippen molar-refractivity contribution in [2.45, 2.75) is 38.1 Å². The maximum absolute atomic E-state index is 12.7. The molecule has 0 saturated heterocycles. The Morgan fingerprint density at radius 2 is 1.44 bits per heavy atom.